The second-order valence-electron chi connectivity index (χ2n) is 5.94. The van der Waals surface area contributed by atoms with Crippen molar-refractivity contribution in [2.45, 2.75) is 12.5 Å². The Kier molecular flexibility index (Phi) is 6.59. The van der Waals surface area contributed by atoms with E-state index in [9.17, 15) is 13.2 Å². The summed E-state index contributed by atoms with van der Waals surface area (Å²) in [7, 11) is -0.327. The third-order valence-corrected chi connectivity index (χ3v) is 5.83. The summed E-state index contributed by atoms with van der Waals surface area (Å²) in [6, 6.07) is 8.98. The number of carbonyl (C=O) groups is 1. The lowest BCUT2D eigenvalue weighted by molar-refractivity contribution is -0.122. The first kappa shape index (κ1) is 18.7. The van der Waals surface area contributed by atoms with Gasteiger partial charge in [-0.05, 0) is 12.1 Å². The molecule has 8 heteroatoms. The van der Waals surface area contributed by atoms with Crippen LogP contribution in [0.2, 0.25) is 0 Å². The molecule has 1 saturated heterocycles. The molecule has 1 aliphatic rings. The molecule has 7 nitrogen and oxygen atoms in total. The minimum absolute atomic E-state index is 0.0362. The average Bonchev–Trinajstić information content (AvgIpc) is 2.94. The zero-order valence-electron chi connectivity index (χ0n) is 14.0. The van der Waals surface area contributed by atoms with Crippen LogP contribution in [0.3, 0.4) is 0 Å². The van der Waals surface area contributed by atoms with Crippen molar-refractivity contribution in [2.24, 2.45) is 5.92 Å². The Morgan fingerprint density at radius 1 is 1.29 bits per heavy atom. The van der Waals surface area contributed by atoms with Crippen molar-refractivity contribution >= 4 is 15.9 Å². The molecule has 0 radical (unpaired) electrons. The van der Waals surface area contributed by atoms with E-state index < -0.39 is 10.0 Å². The molecule has 1 N–H and O–H groups in total. The fourth-order valence-corrected chi connectivity index (χ4v) is 3.57. The van der Waals surface area contributed by atoms with E-state index in [4.69, 9.17) is 9.47 Å². The zero-order valence-corrected chi connectivity index (χ0v) is 14.8. The molecule has 24 heavy (non-hydrogen) atoms. The van der Waals surface area contributed by atoms with E-state index in [1.165, 1.54) is 18.4 Å². The predicted molar refractivity (Wildman–Crippen MR) is 90.3 cm³/mol. The number of nitrogens with zero attached hydrogens (tertiary/aromatic N) is 1. The maximum atomic E-state index is 12.0. The highest BCUT2D eigenvalue weighted by Crippen LogP contribution is 2.17. The van der Waals surface area contributed by atoms with Crippen LogP contribution >= 0.6 is 0 Å². The quantitative estimate of drug-likeness (QED) is 0.732. The Morgan fingerprint density at radius 2 is 2.00 bits per heavy atom. The summed E-state index contributed by atoms with van der Waals surface area (Å²) < 4.78 is 36.0. The first-order chi connectivity index (χ1) is 11.4. The monoisotopic (exact) mass is 356 g/mol. The smallest absolute Gasteiger partial charge is 0.223 e. The van der Waals surface area contributed by atoms with Gasteiger partial charge in [0.25, 0.3) is 0 Å². The molecule has 0 bridgehead atoms. The van der Waals surface area contributed by atoms with Crippen molar-refractivity contribution in [3.8, 4) is 5.75 Å². The molecule has 0 saturated carbocycles. The van der Waals surface area contributed by atoms with Crippen LogP contribution in [0.1, 0.15) is 6.42 Å². The topological polar surface area (TPSA) is 84.9 Å². The molecule has 1 heterocycles. The van der Waals surface area contributed by atoms with Crippen LogP contribution in [0, 0.1) is 5.92 Å². The molecule has 0 spiro atoms. The van der Waals surface area contributed by atoms with Crippen molar-refractivity contribution < 1.29 is 22.7 Å². The molecule has 1 aliphatic heterocycles. The third-order valence-electron chi connectivity index (χ3n) is 3.87. The van der Waals surface area contributed by atoms with E-state index in [1.54, 1.807) is 0 Å². The summed E-state index contributed by atoms with van der Waals surface area (Å²) >= 11 is 0. The maximum absolute atomic E-state index is 12.0. The lowest BCUT2D eigenvalue weighted by atomic mass is 10.1. The standard InChI is InChI=1S/C16H24N2O5S/c1-18(2)24(20,21)12-13-10-22-11-15(13)17-16(19)8-9-23-14-6-4-3-5-7-14/h3-7,13,15H,8-12H2,1-2H3,(H,17,19)/t13-,15+/m0/s1. The average molecular weight is 356 g/mol. The van der Waals surface area contributed by atoms with Gasteiger partial charge in [-0.3, -0.25) is 4.79 Å². The summed E-state index contributed by atoms with van der Waals surface area (Å²) in [6.07, 6.45) is 0.207. The molecule has 1 amide bonds. The number of hydrogen-bond donors (Lipinski definition) is 1. The SMILES string of the molecule is CN(C)S(=O)(=O)C[C@@H]1COC[C@H]1NC(=O)CCOc1ccccc1. The van der Waals surface area contributed by atoms with Crippen molar-refractivity contribution in [1.82, 2.24) is 9.62 Å². The van der Waals surface area contributed by atoms with Gasteiger partial charge < -0.3 is 14.8 Å². The summed E-state index contributed by atoms with van der Waals surface area (Å²) in [5, 5.41) is 2.85. The molecule has 1 aromatic carbocycles. The summed E-state index contributed by atoms with van der Waals surface area (Å²) in [5.41, 5.74) is 0. The first-order valence-corrected chi connectivity index (χ1v) is 9.44. The van der Waals surface area contributed by atoms with Crippen molar-refractivity contribution in [3.05, 3.63) is 30.3 Å². The molecular weight excluding hydrogens is 332 g/mol. The molecule has 1 aromatic rings. The molecule has 0 aliphatic carbocycles. The Bertz CT molecular complexity index is 633. The Labute approximate surface area is 143 Å². The van der Waals surface area contributed by atoms with Gasteiger partial charge in [-0.15, -0.1) is 0 Å². The second-order valence-corrected chi connectivity index (χ2v) is 8.17. The van der Waals surface area contributed by atoms with Crippen LogP contribution in [-0.4, -0.2) is 64.3 Å². The number of ether oxygens (including phenoxy) is 2. The van der Waals surface area contributed by atoms with Crippen LogP contribution in [0.15, 0.2) is 30.3 Å². The number of sulfonamides is 1. The third kappa shape index (κ3) is 5.47. The van der Waals surface area contributed by atoms with E-state index in [2.05, 4.69) is 5.32 Å². The number of nitrogens with one attached hydrogen (secondary N) is 1. The Hall–Kier alpha value is -1.64. The van der Waals surface area contributed by atoms with Gasteiger partial charge >= 0.3 is 0 Å². The minimum atomic E-state index is -3.33. The maximum Gasteiger partial charge on any atom is 0.223 e. The van der Waals surface area contributed by atoms with Gasteiger partial charge in [0.1, 0.15) is 5.75 Å². The minimum Gasteiger partial charge on any atom is -0.493 e. The predicted octanol–water partition coefficient (Wildman–Crippen LogP) is 0.478. The number of hydrogen-bond acceptors (Lipinski definition) is 5. The number of amides is 1. The van der Waals surface area contributed by atoms with Gasteiger partial charge in [0.15, 0.2) is 0 Å². The fraction of sp³-hybridized carbons (Fsp3) is 0.562. The van der Waals surface area contributed by atoms with Crippen LogP contribution in [0.5, 0.6) is 5.75 Å². The van der Waals surface area contributed by atoms with Crippen molar-refractivity contribution in [2.75, 3.05) is 39.7 Å². The van der Waals surface area contributed by atoms with Gasteiger partial charge in [-0.2, -0.15) is 0 Å². The van der Waals surface area contributed by atoms with Gasteiger partial charge in [-0.25, -0.2) is 12.7 Å². The second kappa shape index (κ2) is 8.46. The highest BCUT2D eigenvalue weighted by Gasteiger charge is 2.33. The van der Waals surface area contributed by atoms with E-state index in [0.717, 1.165) is 0 Å². The molecule has 1 fully saturated rings. The molecule has 2 rings (SSSR count). The number of benzene rings is 1. The number of carbonyl (C=O) groups excluding carboxylic acids is 1. The normalized spacial score (nSPS) is 21.0. The highest BCUT2D eigenvalue weighted by molar-refractivity contribution is 7.89. The van der Waals surface area contributed by atoms with Crippen LogP contribution in [-0.2, 0) is 19.6 Å². The van der Waals surface area contributed by atoms with E-state index >= 15 is 0 Å². The van der Waals surface area contributed by atoms with Gasteiger partial charge in [0.2, 0.25) is 15.9 Å². The lowest BCUT2D eigenvalue weighted by Crippen LogP contribution is -2.43. The van der Waals surface area contributed by atoms with Crippen LogP contribution in [0.25, 0.3) is 0 Å². The summed E-state index contributed by atoms with van der Waals surface area (Å²) in [5.74, 6) is 0.264. The molecule has 0 unspecified atom stereocenters. The molecule has 134 valence electrons. The molecule has 2 atom stereocenters. The van der Waals surface area contributed by atoms with Crippen molar-refractivity contribution in [3.63, 3.8) is 0 Å². The molecular formula is C16H24N2O5S. The van der Waals surface area contributed by atoms with Crippen LogP contribution < -0.4 is 10.1 Å². The highest BCUT2D eigenvalue weighted by atomic mass is 32.2. The van der Waals surface area contributed by atoms with Gasteiger partial charge in [0.05, 0.1) is 38.0 Å². The van der Waals surface area contributed by atoms with E-state index in [1.807, 2.05) is 30.3 Å². The number of rotatable bonds is 8. The summed E-state index contributed by atoms with van der Waals surface area (Å²) in [6.45, 7) is 0.932. The largest absolute Gasteiger partial charge is 0.493 e. The Morgan fingerprint density at radius 3 is 2.67 bits per heavy atom. The fourth-order valence-electron chi connectivity index (χ4n) is 2.40. The first-order valence-electron chi connectivity index (χ1n) is 7.83. The van der Waals surface area contributed by atoms with Gasteiger partial charge in [0, 0.05) is 20.0 Å². The van der Waals surface area contributed by atoms with E-state index in [-0.39, 0.29) is 36.6 Å². The lowest BCUT2D eigenvalue weighted by Gasteiger charge is -2.21. The molecule has 0 aromatic heterocycles. The van der Waals surface area contributed by atoms with Gasteiger partial charge in [-0.1, -0.05) is 18.2 Å². The Balaban J connectivity index is 1.78. The number of para-hydroxylation sites is 1. The van der Waals surface area contributed by atoms with Crippen LogP contribution in [0.4, 0.5) is 0 Å². The summed E-state index contributed by atoms with van der Waals surface area (Å²) in [4.78, 5) is 12.0. The zero-order chi connectivity index (χ0) is 17.6. The van der Waals surface area contributed by atoms with Crippen molar-refractivity contribution in [1.29, 1.82) is 0 Å². The van der Waals surface area contributed by atoms with E-state index in [0.29, 0.717) is 19.0 Å².